The second kappa shape index (κ2) is 19.3. The van der Waals surface area contributed by atoms with Gasteiger partial charge in [0, 0.05) is 38.6 Å². The van der Waals surface area contributed by atoms with Gasteiger partial charge >= 0.3 is 5.97 Å². The van der Waals surface area contributed by atoms with E-state index in [1.165, 1.54) is 18.4 Å². The Labute approximate surface area is 313 Å². The Morgan fingerprint density at radius 2 is 1.63 bits per heavy atom. The Balaban J connectivity index is 1.80. The molecule has 1 aromatic heterocycles. The van der Waals surface area contributed by atoms with Gasteiger partial charge in [-0.25, -0.2) is 4.79 Å². The lowest BCUT2D eigenvalue weighted by molar-refractivity contribution is -0.149. The van der Waals surface area contributed by atoms with E-state index >= 15 is 0 Å². The number of fused-ring (bicyclic) bond motifs is 1. The number of thiophene rings is 1. The van der Waals surface area contributed by atoms with Crippen molar-refractivity contribution < 1.29 is 38.6 Å². The molecule has 1 aliphatic heterocycles. The van der Waals surface area contributed by atoms with Crippen LogP contribution in [-0.4, -0.2) is 121 Å². The lowest BCUT2D eigenvalue weighted by Gasteiger charge is -2.41. The van der Waals surface area contributed by atoms with Crippen LogP contribution in [0.5, 0.6) is 0 Å². The number of hydrogen-bond acceptors (Lipinski definition) is 9. The molecule has 2 unspecified atom stereocenters. The Bertz CT molecular complexity index is 1360. The third-order valence-electron chi connectivity index (χ3n) is 11.2. The fourth-order valence-corrected chi connectivity index (χ4v) is 8.64. The first-order valence-corrected chi connectivity index (χ1v) is 19.6. The summed E-state index contributed by atoms with van der Waals surface area (Å²) < 4.78 is 11.9. The van der Waals surface area contributed by atoms with Crippen molar-refractivity contribution in [3.63, 3.8) is 0 Å². The van der Waals surface area contributed by atoms with Crippen molar-refractivity contribution in [2.24, 2.45) is 29.6 Å². The molecule has 2 fully saturated rings. The van der Waals surface area contributed by atoms with Crippen molar-refractivity contribution in [2.45, 2.75) is 129 Å². The molecule has 4 N–H and O–H groups in total. The number of carbonyl (C=O) groups excluding carboxylic acids is 4. The highest BCUT2D eigenvalue weighted by Crippen LogP contribution is 2.50. The summed E-state index contributed by atoms with van der Waals surface area (Å²) in [7, 11) is 6.51. The number of carbonyl (C=O) groups is 5. The molecule has 0 bridgehead atoms. The van der Waals surface area contributed by atoms with E-state index in [-0.39, 0.29) is 60.4 Å². The molecule has 1 saturated heterocycles. The summed E-state index contributed by atoms with van der Waals surface area (Å²) in [6.07, 6.45) is 1.15. The van der Waals surface area contributed by atoms with Gasteiger partial charge in [-0.2, -0.15) is 0 Å². The van der Waals surface area contributed by atoms with Gasteiger partial charge in [-0.3, -0.25) is 19.2 Å². The number of amides is 4. The normalized spacial score (nSPS) is 22.8. The second-order valence-electron chi connectivity index (χ2n) is 15.4. The molecule has 2 heterocycles. The van der Waals surface area contributed by atoms with E-state index in [9.17, 15) is 29.1 Å². The molecule has 13 nitrogen and oxygen atoms in total. The zero-order chi connectivity index (χ0) is 39.0. The first kappa shape index (κ1) is 43.3. The van der Waals surface area contributed by atoms with E-state index in [2.05, 4.69) is 16.0 Å². The third kappa shape index (κ3) is 10.3. The van der Waals surface area contributed by atoms with Crippen molar-refractivity contribution in [1.29, 1.82) is 0 Å². The SMILES string of the molecule is CC[C@H](C)C([C@@H](CC(=O)N1C2C[C@H]2C[C@H]1[C@H](OC)[C@@H](C)C(=O)N[C@@H](Cc1cccs1)C(=O)O)OC)N(C)C(=O)[C@@H](NC(=O)[C@@H](NC)C(C)C)C(C)C. The van der Waals surface area contributed by atoms with Gasteiger partial charge in [-0.1, -0.05) is 61.0 Å². The standard InChI is InChI=1S/C38H63N5O8S/c1-12-22(6)33(42(9)37(47)32(21(4)5)41-36(46)31(39-8)20(2)3)29(50-10)19-30(44)43-27-16-24(27)17-28(43)34(51-11)23(7)35(45)40-26(38(48)49)18-25-14-13-15-52-25/h13-15,20-24,26-29,31-34,39H,12,16-19H2,1-11H3,(H,40,45)(H,41,46)(H,48,49)/t22-,23+,24-,26-,27?,28-,29+,31-,32-,33?,34+/m0/s1. The number of aliphatic carboxylic acids is 1. The highest BCUT2D eigenvalue weighted by atomic mass is 32.1. The van der Waals surface area contributed by atoms with Crippen molar-refractivity contribution in [3.05, 3.63) is 22.4 Å². The van der Waals surface area contributed by atoms with Crippen LogP contribution in [0.15, 0.2) is 17.5 Å². The monoisotopic (exact) mass is 749 g/mol. The van der Waals surface area contributed by atoms with Crippen LogP contribution in [0.25, 0.3) is 0 Å². The van der Waals surface area contributed by atoms with E-state index in [1.54, 1.807) is 33.0 Å². The number of likely N-dealkylation sites (tertiary alicyclic amines) is 1. The average Bonchev–Trinajstić information content (AvgIpc) is 3.45. The Hall–Kier alpha value is -3.07. The predicted octanol–water partition coefficient (Wildman–Crippen LogP) is 3.16. The number of carboxylic acids is 1. The zero-order valence-corrected chi connectivity index (χ0v) is 33.7. The van der Waals surface area contributed by atoms with Crippen LogP contribution in [0.4, 0.5) is 0 Å². The molecule has 2 aliphatic rings. The summed E-state index contributed by atoms with van der Waals surface area (Å²) in [5.74, 6) is -2.84. The van der Waals surface area contributed by atoms with E-state index in [0.29, 0.717) is 12.3 Å². The van der Waals surface area contributed by atoms with Gasteiger partial charge < -0.3 is 40.3 Å². The Morgan fingerprint density at radius 3 is 2.13 bits per heavy atom. The highest BCUT2D eigenvalue weighted by Gasteiger charge is 2.57. The van der Waals surface area contributed by atoms with Crippen molar-refractivity contribution in [2.75, 3.05) is 28.3 Å². The van der Waals surface area contributed by atoms with Crippen LogP contribution >= 0.6 is 11.3 Å². The molecule has 1 saturated carbocycles. The zero-order valence-electron chi connectivity index (χ0n) is 32.9. The number of likely N-dealkylation sites (N-methyl/N-ethyl adjacent to an activating group) is 2. The molecule has 294 valence electrons. The number of ether oxygens (including phenoxy) is 2. The summed E-state index contributed by atoms with van der Waals surface area (Å²) in [4.78, 5) is 71.6. The second-order valence-corrected chi connectivity index (χ2v) is 16.4. The molecule has 0 spiro atoms. The molecule has 0 radical (unpaired) electrons. The van der Waals surface area contributed by atoms with Crippen LogP contribution in [0.2, 0.25) is 0 Å². The van der Waals surface area contributed by atoms with Crippen molar-refractivity contribution in [3.8, 4) is 0 Å². The maximum Gasteiger partial charge on any atom is 0.326 e. The number of piperidine rings is 1. The van der Waals surface area contributed by atoms with Gasteiger partial charge in [0.2, 0.25) is 23.6 Å². The van der Waals surface area contributed by atoms with Gasteiger partial charge in [-0.15, -0.1) is 11.3 Å². The summed E-state index contributed by atoms with van der Waals surface area (Å²) in [6.45, 7) is 13.5. The number of hydrogen-bond donors (Lipinski definition) is 4. The molecule has 14 heteroatoms. The quantitative estimate of drug-likeness (QED) is 0.148. The van der Waals surface area contributed by atoms with Crippen molar-refractivity contribution >= 4 is 40.9 Å². The maximum atomic E-state index is 14.3. The van der Waals surface area contributed by atoms with Gasteiger partial charge in [-0.05, 0) is 55.0 Å². The number of nitrogens with one attached hydrogen (secondary N) is 3. The van der Waals surface area contributed by atoms with E-state index < -0.39 is 54.2 Å². The molecule has 1 aliphatic carbocycles. The number of methoxy groups -OCH3 is 2. The van der Waals surface area contributed by atoms with Crippen LogP contribution in [0.3, 0.4) is 0 Å². The van der Waals surface area contributed by atoms with E-state index in [1.807, 2.05) is 64.0 Å². The van der Waals surface area contributed by atoms with Gasteiger partial charge in [0.15, 0.2) is 0 Å². The molecule has 52 heavy (non-hydrogen) atoms. The summed E-state index contributed by atoms with van der Waals surface area (Å²) in [5.41, 5.74) is 0. The van der Waals surface area contributed by atoms with Crippen LogP contribution in [0, 0.1) is 29.6 Å². The maximum absolute atomic E-state index is 14.3. The van der Waals surface area contributed by atoms with E-state index in [4.69, 9.17) is 9.47 Å². The Kier molecular flexibility index (Phi) is 16.1. The minimum absolute atomic E-state index is 0.00957. The molecule has 4 amide bonds. The number of carboxylic acid groups (broad SMARTS) is 1. The topological polar surface area (TPSA) is 167 Å². The van der Waals surface area contributed by atoms with Crippen molar-refractivity contribution in [1.82, 2.24) is 25.8 Å². The first-order chi connectivity index (χ1) is 24.5. The molecular formula is C38H63N5O8S. The average molecular weight is 750 g/mol. The lowest BCUT2D eigenvalue weighted by Crippen LogP contribution is -2.59. The predicted molar refractivity (Wildman–Crippen MR) is 201 cm³/mol. The fourth-order valence-electron chi connectivity index (χ4n) is 7.88. The van der Waals surface area contributed by atoms with Gasteiger partial charge in [0.25, 0.3) is 0 Å². The van der Waals surface area contributed by atoms with Crippen LogP contribution in [0.1, 0.15) is 79.0 Å². The highest BCUT2D eigenvalue weighted by molar-refractivity contribution is 7.09. The van der Waals surface area contributed by atoms with E-state index in [0.717, 1.165) is 17.7 Å². The molecule has 11 atom stereocenters. The number of rotatable bonds is 21. The largest absolute Gasteiger partial charge is 0.480 e. The number of nitrogens with zero attached hydrogens (tertiary/aromatic N) is 2. The van der Waals surface area contributed by atoms with Gasteiger partial charge in [0.1, 0.15) is 12.1 Å². The lowest BCUT2D eigenvalue weighted by atomic mass is 9.89. The first-order valence-electron chi connectivity index (χ1n) is 18.7. The summed E-state index contributed by atoms with van der Waals surface area (Å²) >= 11 is 1.43. The summed E-state index contributed by atoms with van der Waals surface area (Å²) in [6, 6.07) is 0.523. The Morgan fingerprint density at radius 1 is 0.981 bits per heavy atom. The molecule has 0 aromatic carbocycles. The molecule has 1 aromatic rings. The fraction of sp³-hybridized carbons (Fsp3) is 0.763. The third-order valence-corrected chi connectivity index (χ3v) is 12.1. The van der Waals surface area contributed by atoms with Crippen LogP contribution < -0.4 is 16.0 Å². The van der Waals surface area contributed by atoms with Crippen LogP contribution in [-0.2, 0) is 39.9 Å². The smallest absolute Gasteiger partial charge is 0.326 e. The molecular weight excluding hydrogens is 687 g/mol. The minimum atomic E-state index is -1.12. The summed E-state index contributed by atoms with van der Waals surface area (Å²) in [5, 5.41) is 20.4. The minimum Gasteiger partial charge on any atom is -0.480 e. The van der Waals surface area contributed by atoms with Gasteiger partial charge in [0.05, 0.1) is 42.7 Å². The molecule has 3 rings (SSSR count).